The zero-order valence-corrected chi connectivity index (χ0v) is 20.3. The maximum atomic E-state index is 14.3. The van der Waals surface area contributed by atoms with Crippen LogP contribution in [-0.4, -0.2) is 34.6 Å². The summed E-state index contributed by atoms with van der Waals surface area (Å²) in [5, 5.41) is 4.15. The quantitative estimate of drug-likeness (QED) is 0.474. The zero-order chi connectivity index (χ0) is 23.1. The van der Waals surface area contributed by atoms with Crippen molar-refractivity contribution < 1.29 is 14.0 Å². The molecule has 2 aromatic rings. The van der Waals surface area contributed by atoms with Gasteiger partial charge in [0.2, 0.25) is 11.8 Å². The number of amides is 2. The lowest BCUT2D eigenvalue weighted by molar-refractivity contribution is -0.139. The van der Waals surface area contributed by atoms with Crippen molar-refractivity contribution >= 4 is 46.8 Å². The Morgan fingerprint density at radius 1 is 1.16 bits per heavy atom. The van der Waals surface area contributed by atoms with E-state index in [1.807, 2.05) is 6.07 Å². The molecule has 1 saturated carbocycles. The summed E-state index contributed by atoms with van der Waals surface area (Å²) in [6.07, 6.45) is 4.11. The maximum absolute atomic E-state index is 14.3. The second kappa shape index (κ2) is 11.9. The van der Waals surface area contributed by atoms with E-state index >= 15 is 0 Å². The van der Waals surface area contributed by atoms with E-state index in [0.717, 1.165) is 31.2 Å². The maximum Gasteiger partial charge on any atom is 0.242 e. The Morgan fingerprint density at radius 2 is 1.88 bits per heavy atom. The Kier molecular flexibility index (Phi) is 9.26. The minimum absolute atomic E-state index is 0.0347. The van der Waals surface area contributed by atoms with Gasteiger partial charge in [-0.3, -0.25) is 9.59 Å². The molecule has 1 aliphatic rings. The average Bonchev–Trinajstić information content (AvgIpc) is 3.27. The number of hydrogen-bond donors (Lipinski definition) is 1. The molecule has 1 fully saturated rings. The summed E-state index contributed by atoms with van der Waals surface area (Å²) in [5.74, 6) is -0.147. The molecule has 32 heavy (non-hydrogen) atoms. The van der Waals surface area contributed by atoms with Crippen molar-refractivity contribution in [3.05, 3.63) is 69.5 Å². The van der Waals surface area contributed by atoms with Crippen LogP contribution in [0.4, 0.5) is 4.39 Å². The normalized spacial score (nSPS) is 14.9. The van der Waals surface area contributed by atoms with Crippen LogP contribution in [0.25, 0.3) is 0 Å². The number of thioether (sulfide) groups is 1. The molecule has 0 spiro atoms. The van der Waals surface area contributed by atoms with Crippen molar-refractivity contribution in [1.29, 1.82) is 0 Å². The molecule has 2 aromatic carbocycles. The third-order valence-corrected chi connectivity index (χ3v) is 7.22. The van der Waals surface area contributed by atoms with Gasteiger partial charge in [0, 0.05) is 33.9 Å². The number of benzene rings is 2. The second-order valence-electron chi connectivity index (χ2n) is 8.01. The van der Waals surface area contributed by atoms with Crippen LogP contribution in [0.5, 0.6) is 0 Å². The standard InChI is InChI=1S/C24H27Cl2FN2O2S/c1-16(24(31)28-20-7-3-4-8-20)29(13-17-6-2-5-9-22(17)27)23(30)15-32-14-18-10-11-19(25)12-21(18)26/h2,5-6,9-12,16,20H,3-4,7-8,13-15H2,1H3,(H,28,31). The van der Waals surface area contributed by atoms with Gasteiger partial charge in [0.15, 0.2) is 0 Å². The lowest BCUT2D eigenvalue weighted by Gasteiger charge is -2.30. The molecule has 8 heteroatoms. The Balaban J connectivity index is 1.67. The highest BCUT2D eigenvalue weighted by Gasteiger charge is 2.29. The molecule has 0 aromatic heterocycles. The minimum Gasteiger partial charge on any atom is -0.352 e. The van der Waals surface area contributed by atoms with Gasteiger partial charge in [-0.2, -0.15) is 0 Å². The van der Waals surface area contributed by atoms with Gasteiger partial charge in [-0.15, -0.1) is 11.8 Å². The van der Waals surface area contributed by atoms with Crippen LogP contribution in [0.2, 0.25) is 10.0 Å². The molecule has 0 bridgehead atoms. The van der Waals surface area contributed by atoms with Gasteiger partial charge in [0.25, 0.3) is 0 Å². The molecule has 1 aliphatic carbocycles. The van der Waals surface area contributed by atoms with Crippen LogP contribution < -0.4 is 5.32 Å². The number of carbonyl (C=O) groups excluding carboxylic acids is 2. The number of halogens is 3. The Hall–Kier alpha value is -1.76. The first kappa shape index (κ1) is 24.9. The molecule has 1 atom stereocenters. The largest absolute Gasteiger partial charge is 0.352 e. The SMILES string of the molecule is CC(C(=O)NC1CCCC1)N(Cc1ccccc1F)C(=O)CSCc1ccc(Cl)cc1Cl. The van der Waals surface area contributed by atoms with Gasteiger partial charge in [0.1, 0.15) is 11.9 Å². The molecule has 0 radical (unpaired) electrons. The Labute approximate surface area is 202 Å². The van der Waals surface area contributed by atoms with Crippen molar-refractivity contribution in [2.24, 2.45) is 0 Å². The average molecular weight is 497 g/mol. The molecular formula is C24H27Cl2FN2O2S. The molecule has 1 N–H and O–H groups in total. The van der Waals surface area contributed by atoms with Crippen LogP contribution in [0, 0.1) is 5.82 Å². The van der Waals surface area contributed by atoms with Gasteiger partial charge >= 0.3 is 0 Å². The van der Waals surface area contributed by atoms with Crippen molar-refractivity contribution in [2.75, 3.05) is 5.75 Å². The molecular weight excluding hydrogens is 470 g/mol. The third-order valence-electron chi connectivity index (χ3n) is 5.67. The molecule has 0 aliphatic heterocycles. The van der Waals surface area contributed by atoms with Gasteiger partial charge in [0.05, 0.1) is 5.75 Å². The molecule has 3 rings (SSSR count). The number of nitrogens with zero attached hydrogens (tertiary/aromatic N) is 1. The van der Waals surface area contributed by atoms with Crippen LogP contribution in [-0.2, 0) is 21.9 Å². The fourth-order valence-corrected chi connectivity index (χ4v) is 5.22. The number of hydrogen-bond acceptors (Lipinski definition) is 3. The van der Waals surface area contributed by atoms with Crippen molar-refractivity contribution in [1.82, 2.24) is 10.2 Å². The first-order chi connectivity index (χ1) is 15.3. The van der Waals surface area contributed by atoms with E-state index in [4.69, 9.17) is 23.2 Å². The minimum atomic E-state index is -0.706. The number of rotatable bonds is 9. The van der Waals surface area contributed by atoms with Gasteiger partial charge in [-0.05, 0) is 43.5 Å². The zero-order valence-electron chi connectivity index (χ0n) is 18.0. The predicted molar refractivity (Wildman–Crippen MR) is 129 cm³/mol. The first-order valence-corrected chi connectivity index (χ1v) is 12.6. The topological polar surface area (TPSA) is 49.4 Å². The van der Waals surface area contributed by atoms with Crippen molar-refractivity contribution in [3.63, 3.8) is 0 Å². The summed E-state index contributed by atoms with van der Waals surface area (Å²) < 4.78 is 14.3. The summed E-state index contributed by atoms with van der Waals surface area (Å²) in [6, 6.07) is 11.0. The van der Waals surface area contributed by atoms with E-state index in [0.29, 0.717) is 21.4 Å². The first-order valence-electron chi connectivity index (χ1n) is 10.7. The van der Waals surface area contributed by atoms with E-state index in [1.54, 1.807) is 37.3 Å². The van der Waals surface area contributed by atoms with Crippen molar-refractivity contribution in [3.8, 4) is 0 Å². The van der Waals surface area contributed by atoms with Crippen LogP contribution in [0.15, 0.2) is 42.5 Å². The van der Waals surface area contributed by atoms with E-state index < -0.39 is 11.9 Å². The third kappa shape index (κ3) is 6.87. The summed E-state index contributed by atoms with van der Waals surface area (Å²) in [4.78, 5) is 27.4. The summed E-state index contributed by atoms with van der Waals surface area (Å²) >= 11 is 13.6. The van der Waals surface area contributed by atoms with E-state index in [2.05, 4.69) is 5.32 Å². The fourth-order valence-electron chi connectivity index (χ4n) is 3.75. The summed E-state index contributed by atoms with van der Waals surface area (Å²) in [5.41, 5.74) is 1.26. The van der Waals surface area contributed by atoms with E-state index in [-0.39, 0.29) is 30.2 Å². The van der Waals surface area contributed by atoms with Crippen LogP contribution in [0.3, 0.4) is 0 Å². The predicted octanol–water partition coefficient (Wildman–Crippen LogP) is 5.84. The smallest absolute Gasteiger partial charge is 0.242 e. The monoisotopic (exact) mass is 496 g/mol. The number of carbonyl (C=O) groups is 2. The summed E-state index contributed by atoms with van der Waals surface area (Å²) in [7, 11) is 0. The highest BCUT2D eigenvalue weighted by Crippen LogP contribution is 2.25. The Bertz CT molecular complexity index is 953. The lowest BCUT2D eigenvalue weighted by Crippen LogP contribution is -2.50. The van der Waals surface area contributed by atoms with Crippen molar-refractivity contribution in [2.45, 2.75) is 57.0 Å². The molecule has 2 amide bonds. The van der Waals surface area contributed by atoms with E-state index in [9.17, 15) is 14.0 Å². The van der Waals surface area contributed by atoms with Gasteiger partial charge in [-0.1, -0.05) is 60.3 Å². The van der Waals surface area contributed by atoms with Gasteiger partial charge in [-0.25, -0.2) is 4.39 Å². The Morgan fingerprint density at radius 3 is 2.56 bits per heavy atom. The highest BCUT2D eigenvalue weighted by molar-refractivity contribution is 7.99. The molecule has 0 heterocycles. The highest BCUT2D eigenvalue weighted by atomic mass is 35.5. The van der Waals surface area contributed by atoms with Gasteiger partial charge < -0.3 is 10.2 Å². The van der Waals surface area contributed by atoms with Crippen LogP contribution >= 0.6 is 35.0 Å². The lowest BCUT2D eigenvalue weighted by atomic mass is 10.1. The summed E-state index contributed by atoms with van der Waals surface area (Å²) in [6.45, 7) is 1.73. The molecule has 0 saturated heterocycles. The van der Waals surface area contributed by atoms with E-state index in [1.165, 1.54) is 22.7 Å². The number of nitrogens with one attached hydrogen (secondary N) is 1. The molecule has 172 valence electrons. The molecule has 1 unspecified atom stereocenters. The fraction of sp³-hybridized carbons (Fsp3) is 0.417. The van der Waals surface area contributed by atoms with Crippen LogP contribution in [0.1, 0.15) is 43.7 Å². The molecule has 4 nitrogen and oxygen atoms in total. The second-order valence-corrected chi connectivity index (χ2v) is 9.84.